The Morgan fingerprint density at radius 1 is 1.24 bits per heavy atom. The number of aromatic nitrogens is 2. The molecule has 1 aliphatic rings. The molecule has 0 saturated carbocycles. The maximum Gasteiger partial charge on any atom is 0.191 e. The van der Waals surface area contributed by atoms with Gasteiger partial charge in [-0.05, 0) is 56.9 Å². The Morgan fingerprint density at radius 3 is 2.97 bits per heavy atom. The number of nitrogens with zero attached hydrogens (tertiary/aromatic N) is 2. The summed E-state index contributed by atoms with van der Waals surface area (Å²) in [5.41, 5.74) is 4.37. The molecule has 2 aromatic carbocycles. The summed E-state index contributed by atoms with van der Waals surface area (Å²) in [4.78, 5) is 12.8. The molecule has 1 aromatic heterocycles. The van der Waals surface area contributed by atoms with Crippen LogP contribution < -0.4 is 15.4 Å². The number of rotatable bonds is 10. The van der Waals surface area contributed by atoms with Gasteiger partial charge in [-0.25, -0.2) is 9.98 Å². The first kappa shape index (κ1) is 23.1. The Bertz CT molecular complexity index is 1020. The van der Waals surface area contributed by atoms with E-state index in [0.717, 1.165) is 79.5 Å². The number of benzene rings is 2. The van der Waals surface area contributed by atoms with Crippen molar-refractivity contribution < 1.29 is 9.47 Å². The molecule has 7 heteroatoms. The largest absolute Gasteiger partial charge is 0.491 e. The van der Waals surface area contributed by atoms with Crippen LogP contribution in [0.3, 0.4) is 0 Å². The van der Waals surface area contributed by atoms with Crippen molar-refractivity contribution in [1.82, 2.24) is 20.6 Å². The maximum atomic E-state index is 6.12. The van der Waals surface area contributed by atoms with E-state index in [0.29, 0.717) is 13.2 Å². The Kier molecular flexibility index (Phi) is 8.19. The molecule has 1 fully saturated rings. The van der Waals surface area contributed by atoms with Crippen molar-refractivity contribution in [2.45, 2.75) is 52.2 Å². The summed E-state index contributed by atoms with van der Waals surface area (Å²) in [5.74, 6) is 2.73. The van der Waals surface area contributed by atoms with Crippen molar-refractivity contribution in [3.63, 3.8) is 0 Å². The van der Waals surface area contributed by atoms with Crippen LogP contribution in [0.15, 0.2) is 47.5 Å². The second-order valence-corrected chi connectivity index (χ2v) is 8.48. The van der Waals surface area contributed by atoms with Gasteiger partial charge in [0, 0.05) is 31.7 Å². The molecule has 1 unspecified atom stereocenters. The molecule has 2 heterocycles. The van der Waals surface area contributed by atoms with Gasteiger partial charge in [0.05, 0.1) is 23.7 Å². The Morgan fingerprint density at radius 2 is 2.15 bits per heavy atom. The highest BCUT2D eigenvalue weighted by molar-refractivity contribution is 5.79. The molecular formula is C26H35N5O2. The molecule has 0 amide bonds. The van der Waals surface area contributed by atoms with Crippen LogP contribution in [-0.4, -0.2) is 48.3 Å². The average molecular weight is 450 g/mol. The van der Waals surface area contributed by atoms with E-state index in [2.05, 4.69) is 58.7 Å². The smallest absolute Gasteiger partial charge is 0.191 e. The number of para-hydroxylation sites is 2. The fraction of sp³-hybridized carbons (Fsp3) is 0.462. The summed E-state index contributed by atoms with van der Waals surface area (Å²) in [6.07, 6.45) is 4.24. The minimum absolute atomic E-state index is 0.201. The zero-order chi connectivity index (χ0) is 22.9. The SMILES string of the molecule is CCNC(=NCc1ccc(C)cc1OCC1CCCO1)NCCCc1nc2ccccc2[nH]1. The van der Waals surface area contributed by atoms with Crippen LogP contribution in [0, 0.1) is 6.92 Å². The average Bonchev–Trinajstić information content (AvgIpc) is 3.49. The molecule has 0 aliphatic carbocycles. The Labute approximate surface area is 196 Å². The van der Waals surface area contributed by atoms with Gasteiger partial charge in [0.1, 0.15) is 18.2 Å². The standard InChI is InChI=1S/C26H35N5O2/c1-3-27-26(28-14-6-11-25-30-22-9-4-5-10-23(22)31-25)29-17-20-13-12-19(2)16-24(20)33-18-21-8-7-15-32-21/h4-5,9-10,12-13,16,21H,3,6-8,11,14-15,17-18H2,1-2H3,(H,30,31)(H2,27,28,29). The third-order valence-electron chi connectivity index (χ3n) is 5.74. The van der Waals surface area contributed by atoms with Gasteiger partial charge >= 0.3 is 0 Å². The number of H-pyrrole nitrogens is 1. The van der Waals surface area contributed by atoms with Gasteiger partial charge in [0.25, 0.3) is 0 Å². The summed E-state index contributed by atoms with van der Waals surface area (Å²) in [7, 11) is 0. The van der Waals surface area contributed by atoms with Gasteiger partial charge in [-0.2, -0.15) is 0 Å². The Balaban J connectivity index is 1.30. The maximum absolute atomic E-state index is 6.12. The summed E-state index contributed by atoms with van der Waals surface area (Å²) in [6.45, 7) is 7.78. The number of fused-ring (bicyclic) bond motifs is 1. The molecule has 1 atom stereocenters. The van der Waals surface area contributed by atoms with E-state index >= 15 is 0 Å². The van der Waals surface area contributed by atoms with Crippen molar-refractivity contribution in [3.8, 4) is 5.75 Å². The summed E-state index contributed by atoms with van der Waals surface area (Å²) >= 11 is 0. The van der Waals surface area contributed by atoms with Crippen LogP contribution in [0.5, 0.6) is 5.75 Å². The van der Waals surface area contributed by atoms with Crippen LogP contribution in [0.2, 0.25) is 0 Å². The number of guanidine groups is 1. The highest BCUT2D eigenvalue weighted by atomic mass is 16.5. The zero-order valence-corrected chi connectivity index (χ0v) is 19.7. The van der Waals surface area contributed by atoms with Crippen molar-refractivity contribution in [1.29, 1.82) is 0 Å². The number of hydrogen-bond acceptors (Lipinski definition) is 4. The minimum atomic E-state index is 0.201. The molecule has 3 aromatic rings. The second kappa shape index (κ2) is 11.7. The monoisotopic (exact) mass is 449 g/mol. The third-order valence-corrected chi connectivity index (χ3v) is 5.74. The highest BCUT2D eigenvalue weighted by Gasteiger charge is 2.17. The lowest BCUT2D eigenvalue weighted by molar-refractivity contribution is 0.0676. The van der Waals surface area contributed by atoms with Gasteiger partial charge in [-0.1, -0.05) is 24.3 Å². The van der Waals surface area contributed by atoms with Gasteiger partial charge < -0.3 is 25.1 Å². The molecular weight excluding hydrogens is 414 g/mol. The predicted octanol–water partition coefficient (Wildman–Crippen LogP) is 4.12. The molecule has 1 aliphatic heterocycles. The highest BCUT2D eigenvalue weighted by Crippen LogP contribution is 2.23. The first-order valence-electron chi connectivity index (χ1n) is 12.0. The molecule has 176 valence electrons. The van der Waals surface area contributed by atoms with Gasteiger partial charge in [-0.15, -0.1) is 0 Å². The number of aliphatic imine (C=N–C) groups is 1. The van der Waals surface area contributed by atoms with E-state index < -0.39 is 0 Å². The minimum Gasteiger partial charge on any atom is -0.491 e. The number of ether oxygens (including phenoxy) is 2. The number of aryl methyl sites for hydroxylation is 2. The normalized spacial score (nSPS) is 16.3. The van der Waals surface area contributed by atoms with Crippen molar-refractivity contribution in [3.05, 3.63) is 59.4 Å². The molecule has 3 N–H and O–H groups in total. The van der Waals surface area contributed by atoms with E-state index in [4.69, 9.17) is 14.5 Å². The van der Waals surface area contributed by atoms with Crippen LogP contribution in [0.4, 0.5) is 0 Å². The van der Waals surface area contributed by atoms with Gasteiger partial charge in [0.2, 0.25) is 0 Å². The molecule has 0 bridgehead atoms. The lowest BCUT2D eigenvalue weighted by atomic mass is 10.1. The topological polar surface area (TPSA) is 83.6 Å². The first-order chi connectivity index (χ1) is 16.2. The van der Waals surface area contributed by atoms with E-state index in [1.54, 1.807) is 0 Å². The van der Waals surface area contributed by atoms with E-state index in [9.17, 15) is 0 Å². The molecule has 0 spiro atoms. The van der Waals surface area contributed by atoms with Gasteiger partial charge in [-0.3, -0.25) is 0 Å². The molecule has 4 rings (SSSR count). The summed E-state index contributed by atoms with van der Waals surface area (Å²) < 4.78 is 11.8. The zero-order valence-electron chi connectivity index (χ0n) is 19.7. The molecule has 1 saturated heterocycles. The lowest BCUT2D eigenvalue weighted by Gasteiger charge is -2.15. The van der Waals surface area contributed by atoms with Crippen molar-refractivity contribution >= 4 is 17.0 Å². The second-order valence-electron chi connectivity index (χ2n) is 8.48. The van der Waals surface area contributed by atoms with Crippen LogP contribution >= 0.6 is 0 Å². The van der Waals surface area contributed by atoms with E-state index in [1.165, 1.54) is 5.56 Å². The predicted molar refractivity (Wildman–Crippen MR) is 133 cm³/mol. The Hall–Kier alpha value is -3.06. The lowest BCUT2D eigenvalue weighted by Crippen LogP contribution is -2.37. The van der Waals surface area contributed by atoms with Crippen LogP contribution in [0.1, 0.15) is 43.1 Å². The quantitative estimate of drug-likeness (QED) is 0.246. The number of imidazole rings is 1. The van der Waals surface area contributed by atoms with E-state index in [1.807, 2.05) is 18.2 Å². The summed E-state index contributed by atoms with van der Waals surface area (Å²) in [6, 6.07) is 14.4. The summed E-state index contributed by atoms with van der Waals surface area (Å²) in [5, 5.41) is 6.77. The molecule has 33 heavy (non-hydrogen) atoms. The van der Waals surface area contributed by atoms with E-state index in [-0.39, 0.29) is 6.10 Å². The van der Waals surface area contributed by atoms with Crippen LogP contribution in [0.25, 0.3) is 11.0 Å². The molecule has 7 nitrogen and oxygen atoms in total. The number of nitrogens with one attached hydrogen (secondary N) is 3. The fourth-order valence-corrected chi connectivity index (χ4v) is 3.98. The first-order valence-corrected chi connectivity index (χ1v) is 12.0. The number of hydrogen-bond donors (Lipinski definition) is 3. The van der Waals surface area contributed by atoms with Crippen LogP contribution in [-0.2, 0) is 17.7 Å². The third kappa shape index (κ3) is 6.71. The number of aromatic amines is 1. The fourth-order valence-electron chi connectivity index (χ4n) is 3.98. The molecule has 0 radical (unpaired) electrons. The van der Waals surface area contributed by atoms with Crippen molar-refractivity contribution in [2.24, 2.45) is 4.99 Å². The van der Waals surface area contributed by atoms with Gasteiger partial charge in [0.15, 0.2) is 5.96 Å². The van der Waals surface area contributed by atoms with Crippen molar-refractivity contribution in [2.75, 3.05) is 26.3 Å².